The molecule has 1 aromatic heterocycles. The molecule has 0 saturated carbocycles. The topological polar surface area (TPSA) is 13.1 Å². The molecule has 1 aliphatic carbocycles. The number of hydrogen-bond acceptors (Lipinski definition) is 1. The average molecular weight is 2040 g/mol. The second kappa shape index (κ2) is 40.3. The Morgan fingerprint density at radius 3 is 0.719 bits per heavy atom. The van der Waals surface area contributed by atoms with Crippen LogP contribution in [-0.4, -0.2) is 24.6 Å². The van der Waals surface area contributed by atoms with E-state index in [0.717, 1.165) is 39.5 Å². The first-order valence-corrected chi connectivity index (χ1v) is 38.1. The smallest absolute Gasteiger partial charge is 0.459 e. The third-order valence-corrected chi connectivity index (χ3v) is 28.6. The Morgan fingerprint density at radius 2 is 0.479 bits per heavy atom. The van der Waals surface area contributed by atoms with E-state index in [2.05, 4.69) is 266 Å². The SMILES string of the molecule is [Au+].[Au+].[Au+].[Au+].[C-]#Cc1ccc2c(c1)Cc1cc(C#[C-])ccc1-2.[C-]#Cc1ccc2c(c1)oc1cc(C#[C-])ccc12.c1ccc([PH+](CCCC[PH+](c2ccccc2)c2ccccc2)c2ccccc2)cc1.c1ccc([PH+](CC[PH+](c2ccccc2)c2ccccc2)c2ccccc2)cc1. The molecule has 1 heterocycles. The molecule has 0 saturated heterocycles. The second-order valence-corrected chi connectivity index (χ2v) is 32.9. The van der Waals surface area contributed by atoms with E-state index in [1.165, 1.54) is 102 Å². The quantitative estimate of drug-likeness (QED) is 0.0309. The summed E-state index contributed by atoms with van der Waals surface area (Å²) in [7, 11) is -3.00. The van der Waals surface area contributed by atoms with Gasteiger partial charge in [0.25, 0.3) is 0 Å². The van der Waals surface area contributed by atoms with Crippen LogP contribution in [0.15, 0.2) is 320 Å². The molecule has 14 rings (SSSR count). The Kier molecular flexibility index (Phi) is 32.2. The Bertz CT molecular complexity index is 4210. The van der Waals surface area contributed by atoms with E-state index in [1.54, 1.807) is 12.1 Å². The van der Waals surface area contributed by atoms with Gasteiger partial charge in [-0.3, -0.25) is 23.7 Å². The van der Waals surface area contributed by atoms with Crippen molar-refractivity contribution in [2.75, 3.05) is 24.6 Å². The normalized spacial score (nSPS) is 10.5. The fourth-order valence-electron chi connectivity index (χ4n) is 12.1. The summed E-state index contributed by atoms with van der Waals surface area (Å²) in [5.41, 5.74) is 9.42. The molecule has 0 amide bonds. The van der Waals surface area contributed by atoms with E-state index in [1.807, 2.05) is 60.7 Å². The predicted molar refractivity (Wildman–Crippen MR) is 404 cm³/mol. The largest absolute Gasteiger partial charge is 1.00 e. The van der Waals surface area contributed by atoms with Gasteiger partial charge in [0, 0.05) is 10.8 Å². The summed E-state index contributed by atoms with van der Waals surface area (Å²) in [6.45, 7) is 0. The van der Waals surface area contributed by atoms with Gasteiger partial charge >= 0.3 is 89.5 Å². The van der Waals surface area contributed by atoms with Crippen LogP contribution in [-0.2, 0) is 95.9 Å². The molecule has 0 atom stereocenters. The fraction of sp³-hybridized carbons (Fsp3) is 0.0805. The van der Waals surface area contributed by atoms with Gasteiger partial charge in [-0.2, -0.15) is 0 Å². The van der Waals surface area contributed by atoms with Crippen LogP contribution in [0.5, 0.6) is 0 Å². The van der Waals surface area contributed by atoms with Crippen molar-refractivity contribution in [3.05, 3.63) is 375 Å². The monoisotopic (exact) mass is 2040 g/mol. The molecule has 1 aliphatic rings. The zero-order valence-electron chi connectivity index (χ0n) is 52.6. The molecular formula is C87H70Au4OP4+4. The molecule has 13 aromatic rings. The minimum atomic E-state index is -0.783. The molecule has 0 unspecified atom stereocenters. The van der Waals surface area contributed by atoms with Crippen molar-refractivity contribution in [3.63, 3.8) is 0 Å². The molecular weight excluding hydrogens is 1970 g/mol. The van der Waals surface area contributed by atoms with Gasteiger partial charge in [-0.15, -0.1) is 58.7 Å². The van der Waals surface area contributed by atoms with Crippen LogP contribution in [0.3, 0.4) is 0 Å². The van der Waals surface area contributed by atoms with E-state index < -0.39 is 31.7 Å². The van der Waals surface area contributed by atoms with E-state index in [4.69, 9.17) is 30.1 Å². The van der Waals surface area contributed by atoms with Gasteiger partial charge in [0.05, 0.1) is 86.4 Å². The third-order valence-electron chi connectivity index (χ3n) is 16.6. The van der Waals surface area contributed by atoms with E-state index >= 15 is 0 Å². The summed E-state index contributed by atoms with van der Waals surface area (Å²) in [6, 6.07) is 112. The number of benzene rings is 12. The summed E-state index contributed by atoms with van der Waals surface area (Å²) in [6.07, 6.45) is 37.1. The van der Waals surface area contributed by atoms with Crippen molar-refractivity contribution >= 4 is 96.1 Å². The number of unbranched alkanes of at least 4 members (excludes halogenated alkanes) is 1. The predicted octanol–water partition coefficient (Wildman–Crippen LogP) is 16.8. The molecule has 1 nitrogen and oxygen atoms in total. The summed E-state index contributed by atoms with van der Waals surface area (Å²) >= 11 is 0. The molecule has 0 bridgehead atoms. The first-order valence-electron chi connectivity index (χ1n) is 31.3. The van der Waals surface area contributed by atoms with Crippen LogP contribution in [0.2, 0.25) is 0 Å². The number of furan rings is 1. The first-order chi connectivity index (χ1) is 45.5. The second-order valence-electron chi connectivity index (χ2n) is 22.5. The van der Waals surface area contributed by atoms with E-state index in [-0.39, 0.29) is 89.5 Å². The van der Waals surface area contributed by atoms with Crippen molar-refractivity contribution in [3.8, 4) is 34.8 Å². The zero-order valence-corrected chi connectivity index (χ0v) is 65.3. The van der Waals surface area contributed by atoms with Gasteiger partial charge in [-0.25, -0.2) is 0 Å². The van der Waals surface area contributed by atoms with Crippen molar-refractivity contribution in [2.45, 2.75) is 19.3 Å². The number of rotatable bonds is 16. The van der Waals surface area contributed by atoms with Crippen LogP contribution < -0.4 is 42.4 Å². The van der Waals surface area contributed by atoms with Gasteiger partial charge in [0.1, 0.15) is 23.5 Å². The standard InChI is InChI=1S/C28H28P2.C26H24P2.C17H8.C16H6O.4Au/c1-5-15-25(16-6-1)29(26-17-7-2-8-18-26)23-13-14-24-30(27-19-9-3-10-20-27)28-21-11-4-12-22-28;1-5-13-23(14-6-1)27(24-15-7-2-8-16-24)21-22-28(25-17-9-3-10-18-25)26-19-11-4-12-20-26;1-3-12-5-7-16-14(9-12)11-15-10-13(4-2)6-8-17(15)16;1-3-11-5-7-13-14-8-6-12(4-2)10-16(14)17-15(13)9-11;;;;/h1-12,15-22H,13-14,23-24H2;1-20H,21-22H2;5-10H,11H2;5-10H;;;;/q;;2*-2;4*+1/p+4. The maximum absolute atomic E-state index is 7.15. The van der Waals surface area contributed by atoms with Crippen LogP contribution in [0.4, 0.5) is 0 Å². The Hall–Kier alpha value is -6.64. The van der Waals surface area contributed by atoms with E-state index in [9.17, 15) is 0 Å². The molecule has 12 aromatic carbocycles. The molecule has 0 spiro atoms. The zero-order chi connectivity index (χ0) is 63.1. The molecule has 96 heavy (non-hydrogen) atoms. The maximum atomic E-state index is 7.15. The van der Waals surface area contributed by atoms with Crippen molar-refractivity contribution in [1.29, 1.82) is 0 Å². The van der Waals surface area contributed by atoms with Gasteiger partial charge in [-0.1, -0.05) is 193 Å². The molecule has 0 radical (unpaired) electrons. The molecule has 0 fully saturated rings. The summed E-state index contributed by atoms with van der Waals surface area (Å²) in [4.78, 5) is 0. The molecule has 9 heteroatoms. The number of hydrogen-bond donors (Lipinski definition) is 0. The maximum Gasteiger partial charge on any atom is 1.00 e. The van der Waals surface area contributed by atoms with E-state index in [0.29, 0.717) is 11.1 Å². The first kappa shape index (κ1) is 76.7. The van der Waals surface area contributed by atoms with Crippen LogP contribution in [0, 0.1) is 49.4 Å². The number of fused-ring (bicyclic) bond motifs is 6. The Morgan fingerprint density at radius 1 is 0.260 bits per heavy atom. The van der Waals surface area contributed by atoms with Crippen molar-refractivity contribution in [2.24, 2.45) is 0 Å². The minimum absolute atomic E-state index is 0. The fourth-order valence-corrected chi connectivity index (χ4v) is 23.7. The van der Waals surface area contributed by atoms with Crippen LogP contribution >= 0.6 is 31.7 Å². The van der Waals surface area contributed by atoms with Crippen LogP contribution in [0.25, 0.3) is 33.1 Å². The Labute approximate surface area is 636 Å². The summed E-state index contributed by atoms with van der Waals surface area (Å²) in [5.74, 6) is 9.49. The Balaban J connectivity index is 0.000000183. The van der Waals surface area contributed by atoms with Crippen molar-refractivity contribution in [1.82, 2.24) is 0 Å². The van der Waals surface area contributed by atoms with Gasteiger partial charge in [0.2, 0.25) is 0 Å². The summed E-state index contributed by atoms with van der Waals surface area (Å²) < 4.78 is 5.69. The van der Waals surface area contributed by atoms with Gasteiger partial charge in [0.15, 0.2) is 0 Å². The molecule has 0 aliphatic heterocycles. The van der Waals surface area contributed by atoms with Gasteiger partial charge in [-0.05, 0) is 127 Å². The summed E-state index contributed by atoms with van der Waals surface area (Å²) in [5, 5.41) is 14.2. The van der Waals surface area contributed by atoms with Crippen LogP contribution in [0.1, 0.15) is 46.2 Å². The third kappa shape index (κ3) is 20.7. The minimum Gasteiger partial charge on any atom is -0.459 e. The average Bonchev–Trinajstić information content (AvgIpc) is 1.64. The molecule has 0 N–H and O–H groups in total. The van der Waals surface area contributed by atoms with Crippen molar-refractivity contribution < 1.29 is 93.9 Å². The molecule has 484 valence electrons. The van der Waals surface area contributed by atoms with Gasteiger partial charge < -0.3 is 30.1 Å².